The van der Waals surface area contributed by atoms with E-state index >= 15 is 0 Å². The Kier molecular flexibility index (Phi) is 2.78. The number of benzene rings is 1. The molecule has 0 saturated heterocycles. The quantitative estimate of drug-likeness (QED) is 0.658. The molecule has 0 aliphatic rings. The Labute approximate surface area is 65.6 Å². The predicted octanol–water partition coefficient (Wildman–Crippen LogP) is 2.01. The van der Waals surface area contributed by atoms with E-state index in [2.05, 4.69) is 0 Å². The van der Waals surface area contributed by atoms with E-state index in [9.17, 15) is 0 Å². The maximum absolute atomic E-state index is 5.76. The molecule has 0 bridgehead atoms. The molecule has 1 aromatic carbocycles. The molecule has 10 heavy (non-hydrogen) atoms. The van der Waals surface area contributed by atoms with Crippen LogP contribution in [0.4, 0.5) is 0 Å². The Hall–Kier alpha value is -0.470. The largest absolute Gasteiger partial charge is 0.316 e. The molecule has 0 aromatic heterocycles. The number of thioether (sulfide) groups is 1. The second kappa shape index (κ2) is 3.64. The van der Waals surface area contributed by atoms with Gasteiger partial charge in [-0.3, -0.25) is 0 Å². The van der Waals surface area contributed by atoms with E-state index in [0.717, 1.165) is 0 Å². The lowest BCUT2D eigenvalue weighted by molar-refractivity contribution is 1.04. The number of hydrogen-bond donors (Lipinski definition) is 1. The summed E-state index contributed by atoms with van der Waals surface area (Å²) < 4.78 is 0. The summed E-state index contributed by atoms with van der Waals surface area (Å²) in [5.74, 6) is 0. The molecule has 54 valence electrons. The van der Waals surface area contributed by atoms with Crippen molar-refractivity contribution in [2.45, 2.75) is 5.37 Å². The van der Waals surface area contributed by atoms with Gasteiger partial charge in [0.1, 0.15) is 0 Å². The first-order chi connectivity index (χ1) is 4.84. The molecule has 0 saturated carbocycles. The third-order valence-corrected chi connectivity index (χ3v) is 2.16. The van der Waals surface area contributed by atoms with Crippen molar-refractivity contribution in [3.05, 3.63) is 35.9 Å². The summed E-state index contributed by atoms with van der Waals surface area (Å²) in [6, 6.07) is 10.1. The van der Waals surface area contributed by atoms with Crippen LogP contribution in [0.25, 0.3) is 0 Å². The molecule has 0 amide bonds. The highest BCUT2D eigenvalue weighted by molar-refractivity contribution is 7.98. The molecule has 0 heterocycles. The highest BCUT2D eigenvalue weighted by Gasteiger charge is 1.99. The fraction of sp³-hybridized carbons (Fsp3) is 0.250. The van der Waals surface area contributed by atoms with Crippen LogP contribution in [-0.2, 0) is 0 Å². The summed E-state index contributed by atoms with van der Waals surface area (Å²) >= 11 is 1.66. The van der Waals surface area contributed by atoms with Crippen LogP contribution in [0.2, 0.25) is 0 Å². The number of nitrogens with two attached hydrogens (primary N) is 1. The Morgan fingerprint density at radius 1 is 1.30 bits per heavy atom. The maximum atomic E-state index is 5.76. The minimum absolute atomic E-state index is 0.126. The topological polar surface area (TPSA) is 26.0 Å². The van der Waals surface area contributed by atoms with Crippen LogP contribution in [0.15, 0.2) is 30.3 Å². The lowest BCUT2D eigenvalue weighted by Crippen LogP contribution is -2.03. The van der Waals surface area contributed by atoms with Gasteiger partial charge >= 0.3 is 0 Å². The predicted molar refractivity (Wildman–Crippen MR) is 46.9 cm³/mol. The normalized spacial score (nSPS) is 13.0. The van der Waals surface area contributed by atoms with Gasteiger partial charge in [-0.25, -0.2) is 0 Å². The van der Waals surface area contributed by atoms with Crippen molar-refractivity contribution < 1.29 is 0 Å². The van der Waals surface area contributed by atoms with Crippen molar-refractivity contribution in [3.8, 4) is 0 Å². The van der Waals surface area contributed by atoms with E-state index < -0.39 is 0 Å². The molecule has 1 unspecified atom stereocenters. The smallest absolute Gasteiger partial charge is 0.0761 e. The zero-order valence-corrected chi connectivity index (χ0v) is 6.77. The summed E-state index contributed by atoms with van der Waals surface area (Å²) in [5.41, 5.74) is 6.95. The van der Waals surface area contributed by atoms with E-state index in [4.69, 9.17) is 5.73 Å². The Bertz CT molecular complexity index is 186. The minimum atomic E-state index is 0.126. The lowest BCUT2D eigenvalue weighted by atomic mass is 10.2. The van der Waals surface area contributed by atoms with E-state index in [-0.39, 0.29) is 5.37 Å². The molecule has 0 aliphatic carbocycles. The molecule has 1 aromatic rings. The SMILES string of the molecule is CSC(N)c1ccccc1. The molecule has 0 spiro atoms. The fourth-order valence-corrected chi connectivity index (χ4v) is 1.21. The standard InChI is InChI=1S/C8H11NS/c1-10-8(9)7-5-3-2-4-6-7/h2-6,8H,9H2,1H3. The van der Waals surface area contributed by atoms with Crippen molar-refractivity contribution in [2.75, 3.05) is 6.26 Å². The van der Waals surface area contributed by atoms with Gasteiger partial charge in [-0.1, -0.05) is 30.3 Å². The van der Waals surface area contributed by atoms with Crippen LogP contribution in [0.5, 0.6) is 0 Å². The highest BCUT2D eigenvalue weighted by Crippen LogP contribution is 2.19. The average Bonchev–Trinajstić information content (AvgIpc) is 2.05. The van der Waals surface area contributed by atoms with Crippen molar-refractivity contribution >= 4 is 11.8 Å². The van der Waals surface area contributed by atoms with Crippen LogP contribution < -0.4 is 5.73 Å². The number of rotatable bonds is 2. The maximum Gasteiger partial charge on any atom is 0.0761 e. The Balaban J connectivity index is 2.75. The molecule has 0 aliphatic heterocycles. The Morgan fingerprint density at radius 3 is 2.40 bits per heavy atom. The summed E-state index contributed by atoms with van der Waals surface area (Å²) in [6.07, 6.45) is 2.01. The zero-order chi connectivity index (χ0) is 7.40. The molecule has 2 heteroatoms. The van der Waals surface area contributed by atoms with E-state index in [1.807, 2.05) is 36.6 Å². The summed E-state index contributed by atoms with van der Waals surface area (Å²) in [4.78, 5) is 0. The first kappa shape index (κ1) is 7.63. The molecule has 0 fully saturated rings. The molecular formula is C8H11NS. The summed E-state index contributed by atoms with van der Waals surface area (Å²) in [5, 5.41) is 0.126. The van der Waals surface area contributed by atoms with Gasteiger partial charge in [-0.05, 0) is 11.8 Å². The van der Waals surface area contributed by atoms with E-state index in [0.29, 0.717) is 0 Å². The molecule has 1 atom stereocenters. The molecular weight excluding hydrogens is 142 g/mol. The van der Waals surface area contributed by atoms with Gasteiger partial charge in [0.15, 0.2) is 0 Å². The fourth-order valence-electron chi connectivity index (χ4n) is 0.779. The van der Waals surface area contributed by atoms with Crippen molar-refractivity contribution in [3.63, 3.8) is 0 Å². The first-order valence-electron chi connectivity index (χ1n) is 3.18. The second-order valence-corrected chi connectivity index (χ2v) is 3.05. The highest BCUT2D eigenvalue weighted by atomic mass is 32.2. The van der Waals surface area contributed by atoms with Crippen molar-refractivity contribution in [2.24, 2.45) is 5.73 Å². The van der Waals surface area contributed by atoms with Gasteiger partial charge in [-0.15, -0.1) is 11.8 Å². The van der Waals surface area contributed by atoms with Gasteiger partial charge in [0.25, 0.3) is 0 Å². The average molecular weight is 153 g/mol. The molecule has 2 N–H and O–H groups in total. The number of hydrogen-bond acceptors (Lipinski definition) is 2. The second-order valence-electron chi connectivity index (χ2n) is 2.07. The van der Waals surface area contributed by atoms with Gasteiger partial charge in [-0.2, -0.15) is 0 Å². The zero-order valence-electron chi connectivity index (χ0n) is 5.95. The van der Waals surface area contributed by atoms with Crippen molar-refractivity contribution in [1.29, 1.82) is 0 Å². The summed E-state index contributed by atoms with van der Waals surface area (Å²) in [6.45, 7) is 0. The molecule has 1 nitrogen and oxygen atoms in total. The van der Waals surface area contributed by atoms with Crippen LogP contribution in [0, 0.1) is 0 Å². The van der Waals surface area contributed by atoms with Crippen LogP contribution >= 0.6 is 11.8 Å². The minimum Gasteiger partial charge on any atom is -0.316 e. The van der Waals surface area contributed by atoms with Crippen molar-refractivity contribution in [1.82, 2.24) is 0 Å². The lowest BCUT2D eigenvalue weighted by Gasteiger charge is -2.06. The van der Waals surface area contributed by atoms with Crippen LogP contribution in [0.3, 0.4) is 0 Å². The third kappa shape index (κ3) is 1.75. The van der Waals surface area contributed by atoms with Crippen LogP contribution in [0.1, 0.15) is 10.9 Å². The molecule has 0 radical (unpaired) electrons. The van der Waals surface area contributed by atoms with Gasteiger partial charge < -0.3 is 5.73 Å². The van der Waals surface area contributed by atoms with E-state index in [1.54, 1.807) is 11.8 Å². The van der Waals surface area contributed by atoms with Crippen LogP contribution in [-0.4, -0.2) is 6.26 Å². The Morgan fingerprint density at radius 2 is 1.90 bits per heavy atom. The first-order valence-corrected chi connectivity index (χ1v) is 4.46. The third-order valence-electron chi connectivity index (χ3n) is 1.38. The molecule has 1 rings (SSSR count). The monoisotopic (exact) mass is 153 g/mol. The van der Waals surface area contributed by atoms with E-state index in [1.165, 1.54) is 5.56 Å². The van der Waals surface area contributed by atoms with Gasteiger partial charge in [0, 0.05) is 0 Å². The van der Waals surface area contributed by atoms with Gasteiger partial charge in [0.05, 0.1) is 5.37 Å². The van der Waals surface area contributed by atoms with Gasteiger partial charge in [0.2, 0.25) is 0 Å². The summed E-state index contributed by atoms with van der Waals surface area (Å²) in [7, 11) is 0.